The summed E-state index contributed by atoms with van der Waals surface area (Å²) in [5, 5.41) is 3.06. The molecule has 2 rings (SSSR count). The number of rotatable bonds is 5. The van der Waals surface area contributed by atoms with Gasteiger partial charge in [-0.25, -0.2) is 0 Å². The van der Waals surface area contributed by atoms with Crippen LogP contribution in [0.5, 0.6) is 0 Å². The average molecular weight is 311 g/mol. The van der Waals surface area contributed by atoms with Crippen molar-refractivity contribution in [2.24, 2.45) is 5.92 Å². The van der Waals surface area contributed by atoms with Gasteiger partial charge >= 0.3 is 0 Å². The van der Waals surface area contributed by atoms with E-state index in [0.29, 0.717) is 5.92 Å². The molecule has 1 aliphatic rings. The van der Waals surface area contributed by atoms with Gasteiger partial charge in [0.25, 0.3) is 0 Å². The summed E-state index contributed by atoms with van der Waals surface area (Å²) in [6, 6.07) is 8.27. The van der Waals surface area contributed by atoms with Gasteiger partial charge in [-0.1, -0.05) is 28.1 Å². The van der Waals surface area contributed by atoms with E-state index in [2.05, 4.69) is 33.4 Å². The normalized spacial score (nSPS) is 21.7. The summed E-state index contributed by atoms with van der Waals surface area (Å²) in [7, 11) is 3.79. The van der Waals surface area contributed by atoms with Crippen LogP contribution in [0.15, 0.2) is 28.7 Å². The third kappa shape index (κ3) is 3.12. The lowest BCUT2D eigenvalue weighted by molar-refractivity contribution is -0.131. The first kappa shape index (κ1) is 13.6. The Kier molecular flexibility index (Phi) is 4.40. The molecule has 98 valence electrons. The summed E-state index contributed by atoms with van der Waals surface area (Å²) < 4.78 is 1.08. The first-order chi connectivity index (χ1) is 8.63. The van der Waals surface area contributed by atoms with Crippen molar-refractivity contribution in [2.75, 3.05) is 27.2 Å². The van der Waals surface area contributed by atoms with E-state index in [1.54, 1.807) is 0 Å². The lowest BCUT2D eigenvalue weighted by Gasteiger charge is -2.16. The molecule has 18 heavy (non-hydrogen) atoms. The maximum absolute atomic E-state index is 12.2. The van der Waals surface area contributed by atoms with Crippen LogP contribution in [0.4, 0.5) is 0 Å². The van der Waals surface area contributed by atoms with E-state index in [0.717, 1.165) is 24.0 Å². The molecule has 2 atom stereocenters. The van der Waals surface area contributed by atoms with Crippen LogP contribution in [-0.4, -0.2) is 38.0 Å². The Morgan fingerprint density at radius 2 is 2.33 bits per heavy atom. The van der Waals surface area contributed by atoms with Gasteiger partial charge in [0.2, 0.25) is 5.91 Å². The van der Waals surface area contributed by atoms with Gasteiger partial charge in [-0.2, -0.15) is 0 Å². The van der Waals surface area contributed by atoms with Crippen LogP contribution < -0.4 is 5.32 Å². The molecule has 0 heterocycles. The Bertz CT molecular complexity index is 436. The Hall–Kier alpha value is -0.870. The number of hydrogen-bond donors (Lipinski definition) is 1. The third-order valence-electron chi connectivity index (χ3n) is 3.46. The molecule has 1 N–H and O–H groups in total. The minimum atomic E-state index is 0.182. The van der Waals surface area contributed by atoms with E-state index in [9.17, 15) is 4.79 Å². The van der Waals surface area contributed by atoms with E-state index in [1.165, 1.54) is 5.56 Å². The standard InChI is InChI=1S/C14H19BrN2O/c1-16-6-7-17(2)14(18)13-9-12(13)10-4-3-5-11(15)8-10/h3-5,8,12-13,16H,6-7,9H2,1-2H3. The van der Waals surface area contributed by atoms with E-state index < -0.39 is 0 Å². The monoisotopic (exact) mass is 310 g/mol. The minimum absolute atomic E-state index is 0.182. The van der Waals surface area contributed by atoms with Crippen molar-refractivity contribution in [3.8, 4) is 0 Å². The fourth-order valence-electron chi connectivity index (χ4n) is 2.25. The van der Waals surface area contributed by atoms with Crippen LogP contribution >= 0.6 is 15.9 Å². The van der Waals surface area contributed by atoms with E-state index in [4.69, 9.17) is 0 Å². The van der Waals surface area contributed by atoms with Gasteiger partial charge in [-0.05, 0) is 37.1 Å². The van der Waals surface area contributed by atoms with Crippen LogP contribution in [-0.2, 0) is 4.79 Å². The summed E-state index contributed by atoms with van der Waals surface area (Å²) in [5.74, 6) is 0.864. The zero-order valence-electron chi connectivity index (χ0n) is 10.8. The van der Waals surface area contributed by atoms with Crippen LogP contribution in [0.1, 0.15) is 17.9 Å². The van der Waals surface area contributed by atoms with Gasteiger partial charge in [-0.3, -0.25) is 4.79 Å². The maximum atomic E-state index is 12.2. The zero-order valence-corrected chi connectivity index (χ0v) is 12.4. The maximum Gasteiger partial charge on any atom is 0.226 e. The molecule has 4 heteroatoms. The number of hydrogen-bond acceptors (Lipinski definition) is 2. The van der Waals surface area contributed by atoms with Gasteiger partial charge < -0.3 is 10.2 Å². The highest BCUT2D eigenvalue weighted by molar-refractivity contribution is 9.10. The molecule has 0 aliphatic heterocycles. The summed E-state index contributed by atoms with van der Waals surface area (Å²) in [5.41, 5.74) is 1.27. The smallest absolute Gasteiger partial charge is 0.226 e. The van der Waals surface area contributed by atoms with Crippen LogP contribution in [0.3, 0.4) is 0 Å². The van der Waals surface area contributed by atoms with E-state index >= 15 is 0 Å². The SMILES string of the molecule is CNCCN(C)C(=O)C1CC1c1cccc(Br)c1. The second-order valence-corrected chi connectivity index (χ2v) is 5.78. The van der Waals surface area contributed by atoms with Gasteiger partial charge in [0.1, 0.15) is 0 Å². The van der Waals surface area contributed by atoms with Crippen molar-refractivity contribution >= 4 is 21.8 Å². The molecule has 1 fully saturated rings. The molecule has 1 aromatic carbocycles. The van der Waals surface area contributed by atoms with Crippen molar-refractivity contribution in [1.82, 2.24) is 10.2 Å². The molecule has 0 radical (unpaired) electrons. The average Bonchev–Trinajstić information content (AvgIpc) is 3.15. The van der Waals surface area contributed by atoms with Crippen molar-refractivity contribution in [3.63, 3.8) is 0 Å². The number of carbonyl (C=O) groups excluding carboxylic acids is 1. The molecular weight excluding hydrogens is 292 g/mol. The quantitative estimate of drug-likeness (QED) is 0.904. The molecule has 0 saturated heterocycles. The van der Waals surface area contributed by atoms with Gasteiger partial charge in [0, 0.05) is 30.5 Å². The Balaban J connectivity index is 1.92. The van der Waals surface area contributed by atoms with Crippen LogP contribution in [0.2, 0.25) is 0 Å². The molecule has 0 spiro atoms. The summed E-state index contributed by atoms with van der Waals surface area (Å²) in [6.45, 7) is 1.62. The molecule has 1 aliphatic carbocycles. The van der Waals surface area contributed by atoms with E-state index in [1.807, 2.05) is 31.1 Å². The molecule has 2 unspecified atom stereocenters. The molecule has 1 amide bonds. The van der Waals surface area contributed by atoms with Crippen LogP contribution in [0, 0.1) is 5.92 Å². The van der Waals surface area contributed by atoms with Crippen LogP contribution in [0.25, 0.3) is 0 Å². The predicted molar refractivity (Wildman–Crippen MR) is 76.6 cm³/mol. The minimum Gasteiger partial charge on any atom is -0.344 e. The number of halogens is 1. The van der Waals surface area contributed by atoms with Gasteiger partial charge in [0.15, 0.2) is 0 Å². The largest absolute Gasteiger partial charge is 0.344 e. The fraction of sp³-hybridized carbons (Fsp3) is 0.500. The molecule has 0 aromatic heterocycles. The number of nitrogens with one attached hydrogen (secondary N) is 1. The first-order valence-electron chi connectivity index (χ1n) is 6.28. The van der Waals surface area contributed by atoms with Gasteiger partial charge in [-0.15, -0.1) is 0 Å². The van der Waals surface area contributed by atoms with E-state index in [-0.39, 0.29) is 11.8 Å². The molecule has 1 aromatic rings. The number of likely N-dealkylation sites (N-methyl/N-ethyl adjacent to an activating group) is 2. The highest BCUT2D eigenvalue weighted by Gasteiger charge is 2.44. The van der Waals surface area contributed by atoms with Crippen molar-refractivity contribution in [3.05, 3.63) is 34.3 Å². The second-order valence-electron chi connectivity index (χ2n) is 4.87. The Labute approximate surface area is 117 Å². The zero-order chi connectivity index (χ0) is 13.1. The number of benzene rings is 1. The lowest BCUT2D eigenvalue weighted by atomic mass is 10.1. The Morgan fingerprint density at radius 3 is 3.00 bits per heavy atom. The predicted octanol–water partition coefficient (Wildman–Crippen LogP) is 2.23. The lowest BCUT2D eigenvalue weighted by Crippen LogP contribution is -2.34. The number of amides is 1. The van der Waals surface area contributed by atoms with Crippen molar-refractivity contribution in [2.45, 2.75) is 12.3 Å². The highest BCUT2D eigenvalue weighted by atomic mass is 79.9. The number of nitrogens with zero attached hydrogens (tertiary/aromatic N) is 1. The van der Waals surface area contributed by atoms with Crippen molar-refractivity contribution in [1.29, 1.82) is 0 Å². The first-order valence-corrected chi connectivity index (χ1v) is 7.08. The molecule has 3 nitrogen and oxygen atoms in total. The number of carbonyl (C=O) groups is 1. The molecule has 1 saturated carbocycles. The topological polar surface area (TPSA) is 32.3 Å². The summed E-state index contributed by atoms with van der Waals surface area (Å²) in [4.78, 5) is 14.0. The summed E-state index contributed by atoms with van der Waals surface area (Å²) in [6.07, 6.45) is 0.985. The summed E-state index contributed by atoms with van der Waals surface area (Å²) >= 11 is 3.47. The molecule has 0 bridgehead atoms. The fourth-order valence-corrected chi connectivity index (χ4v) is 2.66. The second kappa shape index (κ2) is 5.85. The molecular formula is C14H19BrN2O. The van der Waals surface area contributed by atoms with Crippen molar-refractivity contribution < 1.29 is 4.79 Å². The Morgan fingerprint density at radius 1 is 1.56 bits per heavy atom. The third-order valence-corrected chi connectivity index (χ3v) is 3.95. The van der Waals surface area contributed by atoms with Gasteiger partial charge in [0.05, 0.1) is 0 Å². The highest BCUT2D eigenvalue weighted by Crippen LogP contribution is 2.48.